The Hall–Kier alpha value is -3.26. The molecule has 0 aliphatic heterocycles. The lowest BCUT2D eigenvalue weighted by Gasteiger charge is -2.27. The number of unbranched alkanes of at least 4 members (excludes halogenated alkanes) is 1. The van der Waals surface area contributed by atoms with E-state index in [4.69, 9.17) is 22.3 Å². The molecule has 4 unspecified atom stereocenters. The number of aliphatic carboxylic acids is 2. The van der Waals surface area contributed by atoms with Crippen LogP contribution in [0.15, 0.2) is 0 Å². The van der Waals surface area contributed by atoms with E-state index in [9.17, 15) is 33.9 Å². The lowest BCUT2D eigenvalue weighted by molar-refractivity contribution is -0.143. The minimum atomic E-state index is -1.47. The summed E-state index contributed by atoms with van der Waals surface area (Å²) in [5.74, 6) is -6.19. The summed E-state index contributed by atoms with van der Waals surface area (Å²) < 4.78 is 0. The summed E-state index contributed by atoms with van der Waals surface area (Å²) in [7, 11) is 0. The number of nitrogens with two attached hydrogens (primary N) is 3. The van der Waals surface area contributed by atoms with Gasteiger partial charge in [0.15, 0.2) is 0 Å². The van der Waals surface area contributed by atoms with Gasteiger partial charge in [-0.1, -0.05) is 13.8 Å². The van der Waals surface area contributed by atoms with E-state index in [1.165, 1.54) is 0 Å². The molecule has 0 aromatic heterocycles. The predicted molar refractivity (Wildman–Crippen MR) is 120 cm³/mol. The van der Waals surface area contributed by atoms with Gasteiger partial charge in [-0.15, -0.1) is 0 Å². The van der Waals surface area contributed by atoms with Crippen LogP contribution in [0.25, 0.3) is 0 Å². The number of hydrogen-bond acceptors (Lipinski definition) is 8. The van der Waals surface area contributed by atoms with Gasteiger partial charge < -0.3 is 43.4 Å². The number of primary amides is 1. The Morgan fingerprint density at radius 3 is 1.88 bits per heavy atom. The molecule has 0 radical (unpaired) electrons. The van der Waals surface area contributed by atoms with Crippen LogP contribution < -0.4 is 33.2 Å². The quantitative estimate of drug-likeness (QED) is 0.0988. The standard InChI is InChI=1S/C20H36N6O8/c1-10(2)16(26-17(30)11(22)9-14(23)27)19(32)24-12(5-3-4-8-21)18(31)25-13(20(33)34)6-7-15(28)29/h10-13,16H,3-9,21-22H2,1-2H3,(H2,23,27)(H,24,32)(H,25,31)(H,26,30)(H,28,29)(H,33,34). The minimum Gasteiger partial charge on any atom is -0.481 e. The third-order valence-electron chi connectivity index (χ3n) is 4.85. The van der Waals surface area contributed by atoms with Crippen LogP contribution >= 0.6 is 0 Å². The van der Waals surface area contributed by atoms with Crippen molar-refractivity contribution in [2.75, 3.05) is 6.54 Å². The van der Waals surface area contributed by atoms with Crippen molar-refractivity contribution in [3.8, 4) is 0 Å². The highest BCUT2D eigenvalue weighted by Gasteiger charge is 2.31. The molecule has 4 amide bonds. The molecule has 0 aromatic carbocycles. The third kappa shape index (κ3) is 12.1. The maximum atomic E-state index is 12.9. The van der Waals surface area contributed by atoms with E-state index in [0.717, 1.165) is 0 Å². The fourth-order valence-electron chi connectivity index (χ4n) is 2.93. The van der Waals surface area contributed by atoms with Gasteiger partial charge in [-0.05, 0) is 38.1 Å². The predicted octanol–water partition coefficient (Wildman–Crippen LogP) is -2.62. The van der Waals surface area contributed by atoms with Gasteiger partial charge >= 0.3 is 11.9 Å². The molecule has 0 rings (SSSR count). The van der Waals surface area contributed by atoms with Crippen molar-refractivity contribution >= 4 is 35.6 Å². The zero-order valence-electron chi connectivity index (χ0n) is 19.4. The molecule has 0 aromatic rings. The van der Waals surface area contributed by atoms with E-state index in [2.05, 4.69) is 16.0 Å². The van der Waals surface area contributed by atoms with Gasteiger partial charge in [0, 0.05) is 6.42 Å². The number of carbonyl (C=O) groups excluding carboxylic acids is 4. The molecule has 0 saturated carbocycles. The molecular weight excluding hydrogens is 452 g/mol. The highest BCUT2D eigenvalue weighted by molar-refractivity contribution is 5.95. The Morgan fingerprint density at radius 2 is 1.41 bits per heavy atom. The molecule has 0 aliphatic carbocycles. The highest BCUT2D eigenvalue weighted by atomic mass is 16.4. The zero-order valence-corrected chi connectivity index (χ0v) is 19.4. The molecule has 0 bridgehead atoms. The Bertz CT molecular complexity index is 745. The smallest absolute Gasteiger partial charge is 0.326 e. The Balaban J connectivity index is 5.46. The van der Waals surface area contributed by atoms with Gasteiger partial charge in [-0.25, -0.2) is 4.79 Å². The average Bonchev–Trinajstić information content (AvgIpc) is 2.72. The van der Waals surface area contributed by atoms with E-state index in [-0.39, 0.29) is 12.8 Å². The van der Waals surface area contributed by atoms with Crippen LogP contribution in [0, 0.1) is 5.92 Å². The number of carboxylic acid groups (broad SMARTS) is 2. The Kier molecular flexibility index (Phi) is 14.1. The third-order valence-corrected chi connectivity index (χ3v) is 4.85. The van der Waals surface area contributed by atoms with Gasteiger partial charge in [0.2, 0.25) is 23.6 Å². The fraction of sp³-hybridized carbons (Fsp3) is 0.700. The second-order valence-corrected chi connectivity index (χ2v) is 8.18. The fourth-order valence-corrected chi connectivity index (χ4v) is 2.93. The molecular formula is C20H36N6O8. The largest absolute Gasteiger partial charge is 0.481 e. The first-order valence-corrected chi connectivity index (χ1v) is 10.9. The van der Waals surface area contributed by atoms with E-state index in [1.54, 1.807) is 13.8 Å². The molecule has 0 fully saturated rings. The van der Waals surface area contributed by atoms with Gasteiger partial charge in [-0.2, -0.15) is 0 Å². The summed E-state index contributed by atoms with van der Waals surface area (Å²) in [5, 5.41) is 25.2. The summed E-state index contributed by atoms with van der Waals surface area (Å²) in [5.41, 5.74) is 16.1. The number of nitrogens with one attached hydrogen (secondary N) is 3. The Morgan fingerprint density at radius 1 is 0.824 bits per heavy atom. The minimum absolute atomic E-state index is 0.125. The molecule has 34 heavy (non-hydrogen) atoms. The number of amides is 4. The lowest BCUT2D eigenvalue weighted by Crippen LogP contribution is -2.58. The normalized spacial score (nSPS) is 14.4. The SMILES string of the molecule is CC(C)C(NC(=O)C(N)CC(N)=O)C(=O)NC(CCCCN)C(=O)NC(CCC(=O)O)C(=O)O. The van der Waals surface area contributed by atoms with Gasteiger partial charge in [-0.3, -0.25) is 24.0 Å². The molecule has 0 aliphatic rings. The number of hydrogen-bond donors (Lipinski definition) is 8. The molecule has 14 heteroatoms. The van der Waals surface area contributed by atoms with Gasteiger partial charge in [0.05, 0.1) is 12.5 Å². The van der Waals surface area contributed by atoms with E-state index in [1.807, 2.05) is 0 Å². The first-order valence-electron chi connectivity index (χ1n) is 10.9. The van der Waals surface area contributed by atoms with Crippen LogP contribution in [-0.4, -0.2) is 76.5 Å². The monoisotopic (exact) mass is 488 g/mol. The van der Waals surface area contributed by atoms with E-state index in [0.29, 0.717) is 19.4 Å². The molecule has 11 N–H and O–H groups in total. The van der Waals surface area contributed by atoms with Crippen LogP contribution in [0.3, 0.4) is 0 Å². The average molecular weight is 489 g/mol. The molecule has 4 atom stereocenters. The molecule has 0 spiro atoms. The second-order valence-electron chi connectivity index (χ2n) is 8.18. The second kappa shape index (κ2) is 15.6. The van der Waals surface area contributed by atoms with E-state index >= 15 is 0 Å². The summed E-state index contributed by atoms with van der Waals surface area (Å²) in [6.07, 6.45) is -0.149. The van der Waals surface area contributed by atoms with Crippen molar-refractivity contribution in [1.29, 1.82) is 0 Å². The maximum Gasteiger partial charge on any atom is 0.326 e. The maximum absolute atomic E-state index is 12.9. The highest BCUT2D eigenvalue weighted by Crippen LogP contribution is 2.08. The van der Waals surface area contributed by atoms with Gasteiger partial charge in [0.1, 0.15) is 18.1 Å². The van der Waals surface area contributed by atoms with Crippen LogP contribution in [0.4, 0.5) is 0 Å². The summed E-state index contributed by atoms with van der Waals surface area (Å²) in [4.78, 5) is 71.0. The zero-order chi connectivity index (χ0) is 26.4. The van der Waals surface area contributed by atoms with E-state index < -0.39 is 78.5 Å². The van der Waals surface area contributed by atoms with Crippen molar-refractivity contribution in [3.63, 3.8) is 0 Å². The molecule has 194 valence electrons. The van der Waals surface area contributed by atoms with Gasteiger partial charge in [0.25, 0.3) is 0 Å². The number of carboxylic acids is 2. The summed E-state index contributed by atoms with van der Waals surface area (Å²) in [6.45, 7) is 3.61. The summed E-state index contributed by atoms with van der Waals surface area (Å²) in [6, 6.07) is -5.01. The number of carbonyl (C=O) groups is 6. The Labute approximate surface area is 197 Å². The van der Waals surface area contributed by atoms with Crippen molar-refractivity contribution in [2.24, 2.45) is 23.1 Å². The van der Waals surface area contributed by atoms with Crippen molar-refractivity contribution in [3.05, 3.63) is 0 Å². The van der Waals surface area contributed by atoms with Crippen LogP contribution in [0.2, 0.25) is 0 Å². The van der Waals surface area contributed by atoms with Crippen LogP contribution in [-0.2, 0) is 28.8 Å². The molecule has 0 saturated heterocycles. The first-order chi connectivity index (χ1) is 15.8. The van der Waals surface area contributed by atoms with Crippen molar-refractivity contribution in [2.45, 2.75) is 76.5 Å². The van der Waals surface area contributed by atoms with Crippen LogP contribution in [0.5, 0.6) is 0 Å². The number of rotatable bonds is 17. The molecule has 0 heterocycles. The topological polar surface area (TPSA) is 257 Å². The van der Waals surface area contributed by atoms with Crippen molar-refractivity contribution in [1.82, 2.24) is 16.0 Å². The molecule has 14 nitrogen and oxygen atoms in total. The van der Waals surface area contributed by atoms with Crippen LogP contribution in [0.1, 0.15) is 52.4 Å². The summed E-state index contributed by atoms with van der Waals surface area (Å²) >= 11 is 0. The first kappa shape index (κ1) is 30.7. The van der Waals surface area contributed by atoms with Crippen molar-refractivity contribution < 1.29 is 39.0 Å². The lowest BCUT2D eigenvalue weighted by atomic mass is 10.0.